The lowest BCUT2D eigenvalue weighted by molar-refractivity contribution is -0.117. The maximum absolute atomic E-state index is 11.2. The summed E-state index contributed by atoms with van der Waals surface area (Å²) in [5, 5.41) is 0. The Labute approximate surface area is 76.8 Å². The largest absolute Gasteiger partial charge is 0.300 e. The van der Waals surface area contributed by atoms with Gasteiger partial charge in [-0.2, -0.15) is 0 Å². The number of carbonyl (C=O) groups excluding carboxylic acids is 1. The van der Waals surface area contributed by atoms with Crippen molar-refractivity contribution in [3.63, 3.8) is 0 Å². The number of hydrogen-bond acceptors (Lipinski definition) is 2. The van der Waals surface area contributed by atoms with E-state index >= 15 is 0 Å². The molecule has 0 atom stereocenters. The van der Waals surface area contributed by atoms with Crippen molar-refractivity contribution in [3.05, 3.63) is 22.1 Å². The van der Waals surface area contributed by atoms with Gasteiger partial charge in [0.1, 0.15) is 5.78 Å². The van der Waals surface area contributed by atoms with Crippen LogP contribution in [0.1, 0.15) is 19.0 Å². The van der Waals surface area contributed by atoms with E-state index in [9.17, 15) is 9.59 Å². The number of rotatable bonds is 3. The van der Waals surface area contributed by atoms with Crippen LogP contribution in [0.4, 0.5) is 0 Å². The lowest BCUT2D eigenvalue weighted by Crippen LogP contribution is -2.16. The first-order chi connectivity index (χ1) is 6.02. The van der Waals surface area contributed by atoms with Crippen LogP contribution >= 0.6 is 0 Å². The topological polar surface area (TPSA) is 44.0 Å². The summed E-state index contributed by atoms with van der Waals surface area (Å²) in [6.07, 6.45) is 1.14. The molecule has 0 radical (unpaired) electrons. The molecule has 0 bridgehead atoms. The molecule has 1 aromatic rings. The van der Waals surface area contributed by atoms with Crippen LogP contribution in [0.3, 0.4) is 0 Å². The molecule has 4 nitrogen and oxygen atoms in total. The molecule has 0 aliphatic carbocycles. The van der Waals surface area contributed by atoms with Crippen LogP contribution in [0.25, 0.3) is 0 Å². The highest BCUT2D eigenvalue weighted by Crippen LogP contribution is 1.99. The minimum absolute atomic E-state index is 0.0268. The minimum atomic E-state index is -0.0268. The number of carbonyl (C=O) groups is 1. The van der Waals surface area contributed by atoms with Crippen molar-refractivity contribution in [1.82, 2.24) is 9.36 Å². The van der Waals surface area contributed by atoms with Crippen LogP contribution in [0, 0.1) is 0 Å². The summed E-state index contributed by atoms with van der Waals surface area (Å²) in [7, 11) is 3.52. The Morgan fingerprint density at radius 3 is 2.38 bits per heavy atom. The summed E-state index contributed by atoms with van der Waals surface area (Å²) >= 11 is 0. The summed E-state index contributed by atoms with van der Waals surface area (Å²) in [5.74, 6) is 0.149. The molecular formula is C9H14N2O2. The Morgan fingerprint density at radius 2 is 2.00 bits per heavy atom. The number of ketones is 1. The fraction of sp³-hybridized carbons (Fsp3) is 0.556. The summed E-state index contributed by atoms with van der Waals surface area (Å²) in [5.41, 5.74) is 0.878. The van der Waals surface area contributed by atoms with Gasteiger partial charge in [0.15, 0.2) is 0 Å². The molecule has 13 heavy (non-hydrogen) atoms. The maximum Gasteiger partial charge on any atom is 0.266 e. The third-order valence-electron chi connectivity index (χ3n) is 2.21. The molecule has 0 N–H and O–H groups in total. The van der Waals surface area contributed by atoms with Gasteiger partial charge in [-0.3, -0.25) is 14.2 Å². The van der Waals surface area contributed by atoms with Crippen LogP contribution in [-0.4, -0.2) is 15.1 Å². The zero-order valence-electron chi connectivity index (χ0n) is 8.20. The van der Waals surface area contributed by atoms with E-state index in [1.807, 2.05) is 7.05 Å². The highest BCUT2D eigenvalue weighted by Gasteiger charge is 2.05. The van der Waals surface area contributed by atoms with Gasteiger partial charge in [0, 0.05) is 32.3 Å². The smallest absolute Gasteiger partial charge is 0.266 e. The van der Waals surface area contributed by atoms with Crippen molar-refractivity contribution in [2.75, 3.05) is 0 Å². The molecule has 0 saturated carbocycles. The normalized spacial score (nSPS) is 10.4. The Bertz CT molecular complexity index is 373. The average molecular weight is 182 g/mol. The van der Waals surface area contributed by atoms with E-state index in [0.717, 1.165) is 5.69 Å². The first kappa shape index (κ1) is 9.77. The van der Waals surface area contributed by atoms with Crippen LogP contribution in [0.5, 0.6) is 0 Å². The molecule has 0 aliphatic heterocycles. The number of nitrogens with zero attached hydrogens (tertiary/aromatic N) is 2. The molecule has 72 valence electrons. The van der Waals surface area contributed by atoms with Crippen molar-refractivity contribution < 1.29 is 4.79 Å². The summed E-state index contributed by atoms with van der Waals surface area (Å²) in [4.78, 5) is 21.9. The van der Waals surface area contributed by atoms with Crippen molar-refractivity contribution >= 4 is 5.78 Å². The van der Waals surface area contributed by atoms with Crippen LogP contribution in [0.2, 0.25) is 0 Å². The highest BCUT2D eigenvalue weighted by molar-refractivity contribution is 5.75. The monoisotopic (exact) mass is 182 g/mol. The Morgan fingerprint density at radius 1 is 1.38 bits per heavy atom. The average Bonchev–Trinajstić information content (AvgIpc) is 2.29. The fourth-order valence-electron chi connectivity index (χ4n) is 1.21. The quantitative estimate of drug-likeness (QED) is 0.672. The second-order valence-corrected chi connectivity index (χ2v) is 3.22. The third kappa shape index (κ3) is 2.08. The molecule has 1 aromatic heterocycles. The van der Waals surface area contributed by atoms with Crippen LogP contribution < -0.4 is 5.56 Å². The fourth-order valence-corrected chi connectivity index (χ4v) is 1.21. The van der Waals surface area contributed by atoms with Crippen LogP contribution in [0.15, 0.2) is 10.9 Å². The molecule has 0 saturated heterocycles. The molecule has 0 spiro atoms. The van der Waals surface area contributed by atoms with Gasteiger partial charge >= 0.3 is 0 Å². The van der Waals surface area contributed by atoms with Gasteiger partial charge in [-0.15, -0.1) is 0 Å². The molecular weight excluding hydrogens is 168 g/mol. The predicted octanol–water partition coefficient (Wildman–Crippen LogP) is 0.245. The zero-order chi connectivity index (χ0) is 10.0. The summed E-state index contributed by atoms with van der Waals surface area (Å²) in [6, 6.07) is 1.57. The number of aromatic nitrogens is 2. The van der Waals surface area contributed by atoms with Gasteiger partial charge in [0.2, 0.25) is 0 Å². The second-order valence-electron chi connectivity index (χ2n) is 3.22. The third-order valence-corrected chi connectivity index (χ3v) is 2.21. The number of aryl methyl sites for hydroxylation is 1. The number of hydrogen-bond donors (Lipinski definition) is 0. The summed E-state index contributed by atoms with van der Waals surface area (Å²) in [6.45, 7) is 1.56. The highest BCUT2D eigenvalue weighted by atomic mass is 16.1. The van der Waals surface area contributed by atoms with Gasteiger partial charge < -0.3 is 4.79 Å². The van der Waals surface area contributed by atoms with E-state index in [1.54, 1.807) is 24.7 Å². The van der Waals surface area contributed by atoms with Crippen molar-refractivity contribution in [2.24, 2.45) is 14.1 Å². The van der Waals surface area contributed by atoms with E-state index in [2.05, 4.69) is 0 Å². The van der Waals surface area contributed by atoms with E-state index in [0.29, 0.717) is 12.8 Å². The minimum Gasteiger partial charge on any atom is -0.300 e. The van der Waals surface area contributed by atoms with Crippen molar-refractivity contribution in [1.29, 1.82) is 0 Å². The molecule has 0 fully saturated rings. The Hall–Kier alpha value is -1.32. The van der Waals surface area contributed by atoms with E-state index in [-0.39, 0.29) is 11.3 Å². The first-order valence-corrected chi connectivity index (χ1v) is 4.23. The lowest BCUT2D eigenvalue weighted by atomic mass is 10.2. The van der Waals surface area contributed by atoms with E-state index in [4.69, 9.17) is 0 Å². The standard InChI is InChI=1S/C9H14N2O2/c1-7(12)4-5-8-6-9(13)11(3)10(8)2/h6H,4-5H2,1-3H3. The van der Waals surface area contributed by atoms with Gasteiger partial charge in [-0.05, 0) is 13.3 Å². The molecule has 0 aromatic carbocycles. The zero-order valence-corrected chi connectivity index (χ0v) is 8.20. The summed E-state index contributed by atoms with van der Waals surface area (Å²) < 4.78 is 3.29. The lowest BCUT2D eigenvalue weighted by Gasteiger charge is -2.03. The van der Waals surface area contributed by atoms with Crippen molar-refractivity contribution in [3.8, 4) is 0 Å². The molecule has 0 aliphatic rings. The molecule has 1 heterocycles. The molecule has 1 rings (SSSR count). The molecule has 0 amide bonds. The first-order valence-electron chi connectivity index (χ1n) is 4.23. The van der Waals surface area contributed by atoms with E-state index < -0.39 is 0 Å². The Kier molecular flexibility index (Phi) is 2.70. The van der Waals surface area contributed by atoms with Gasteiger partial charge in [-0.25, -0.2) is 0 Å². The maximum atomic E-state index is 11.2. The van der Waals surface area contributed by atoms with Gasteiger partial charge in [-0.1, -0.05) is 0 Å². The van der Waals surface area contributed by atoms with Crippen LogP contribution in [-0.2, 0) is 25.3 Å². The molecule has 4 heteroatoms. The van der Waals surface area contributed by atoms with E-state index in [1.165, 1.54) is 4.68 Å². The Balaban J connectivity index is 2.84. The predicted molar refractivity (Wildman–Crippen MR) is 49.7 cm³/mol. The van der Waals surface area contributed by atoms with Gasteiger partial charge in [0.25, 0.3) is 5.56 Å². The van der Waals surface area contributed by atoms with Crippen molar-refractivity contribution in [2.45, 2.75) is 19.8 Å². The number of Topliss-reactive ketones (excluding diaryl/α,β-unsaturated/α-hetero) is 1. The molecule has 0 unspecified atom stereocenters. The second kappa shape index (κ2) is 3.60. The SMILES string of the molecule is CC(=O)CCc1cc(=O)n(C)n1C. The van der Waals surface area contributed by atoms with Gasteiger partial charge in [0.05, 0.1) is 0 Å².